The number of benzene rings is 1. The third-order valence-corrected chi connectivity index (χ3v) is 3.30. The first-order valence-electron chi connectivity index (χ1n) is 3.96. The van der Waals surface area contributed by atoms with Crippen LogP contribution in [-0.2, 0) is 0 Å². The van der Waals surface area contributed by atoms with Crippen molar-refractivity contribution in [2.24, 2.45) is 0 Å². The number of hydrogen-bond acceptors (Lipinski definition) is 2. The van der Waals surface area contributed by atoms with E-state index >= 15 is 0 Å². The molecule has 0 bridgehead atoms. The molecule has 0 amide bonds. The van der Waals surface area contributed by atoms with Crippen LogP contribution < -0.4 is 0 Å². The summed E-state index contributed by atoms with van der Waals surface area (Å²) >= 11 is 1.66. The fourth-order valence-corrected chi connectivity index (χ4v) is 2.61. The molecule has 0 aromatic heterocycles. The molecule has 0 saturated heterocycles. The van der Waals surface area contributed by atoms with Gasteiger partial charge in [-0.25, -0.2) is 0 Å². The number of aryl methyl sites for hydroxylation is 2. The molecule has 0 radical (unpaired) electrons. The molecule has 0 unspecified atom stereocenters. The minimum atomic E-state index is 0.279. The first-order valence-corrected chi connectivity index (χ1v) is 4.94. The third-order valence-electron chi connectivity index (χ3n) is 2.07. The second-order valence-corrected chi connectivity index (χ2v) is 4.16. The summed E-state index contributed by atoms with van der Waals surface area (Å²) in [6, 6.07) is 4.12. The van der Waals surface area contributed by atoms with Crippen LogP contribution in [-0.4, -0.2) is 11.5 Å². The van der Waals surface area contributed by atoms with Gasteiger partial charge in [-0.05, 0) is 25.5 Å². The quantitative estimate of drug-likeness (QED) is 0.607. The monoisotopic (exact) mass is 178 g/mol. The highest BCUT2D eigenvalue weighted by Gasteiger charge is 2.21. The van der Waals surface area contributed by atoms with E-state index in [4.69, 9.17) is 0 Å². The van der Waals surface area contributed by atoms with Crippen LogP contribution in [0.25, 0.3) is 0 Å². The Balaban J connectivity index is 2.68. The Kier molecular flexibility index (Phi) is 1.72. The zero-order valence-electron chi connectivity index (χ0n) is 7.18. The molecule has 0 atom stereocenters. The van der Waals surface area contributed by atoms with Crippen molar-refractivity contribution >= 4 is 17.5 Å². The summed E-state index contributed by atoms with van der Waals surface area (Å²) in [5.41, 5.74) is 3.35. The largest absolute Gasteiger partial charge is 0.293 e. The van der Waals surface area contributed by atoms with Gasteiger partial charge in [-0.2, -0.15) is 0 Å². The molecule has 0 N–H and O–H groups in total. The van der Waals surface area contributed by atoms with Crippen molar-refractivity contribution in [1.29, 1.82) is 0 Å². The number of thioether (sulfide) groups is 1. The topological polar surface area (TPSA) is 17.1 Å². The molecule has 1 aromatic carbocycles. The molecule has 1 heterocycles. The molecule has 2 rings (SSSR count). The van der Waals surface area contributed by atoms with Crippen LogP contribution >= 0.6 is 11.8 Å². The second-order valence-electron chi connectivity index (χ2n) is 3.17. The number of hydrogen-bond donors (Lipinski definition) is 0. The SMILES string of the molecule is Cc1cc(C)c2c(c1)C(=O)CS2. The minimum Gasteiger partial charge on any atom is -0.293 e. The van der Waals surface area contributed by atoms with Gasteiger partial charge >= 0.3 is 0 Å². The highest BCUT2D eigenvalue weighted by molar-refractivity contribution is 8.00. The summed E-state index contributed by atoms with van der Waals surface area (Å²) in [5.74, 6) is 0.904. The standard InChI is InChI=1S/C10H10OS/c1-6-3-7(2)10-8(4-6)9(11)5-12-10/h3-4H,5H2,1-2H3. The molecule has 12 heavy (non-hydrogen) atoms. The Morgan fingerprint density at radius 2 is 2.08 bits per heavy atom. The molecule has 2 heteroatoms. The molecular weight excluding hydrogens is 168 g/mol. The summed E-state index contributed by atoms with van der Waals surface area (Å²) in [6.07, 6.45) is 0. The van der Waals surface area contributed by atoms with E-state index in [9.17, 15) is 4.79 Å². The van der Waals surface area contributed by atoms with E-state index in [0.717, 1.165) is 5.56 Å². The van der Waals surface area contributed by atoms with Crippen LogP contribution in [0.2, 0.25) is 0 Å². The Bertz CT molecular complexity index is 355. The van der Waals surface area contributed by atoms with Gasteiger partial charge < -0.3 is 0 Å². The normalized spacial score (nSPS) is 15.0. The first-order chi connectivity index (χ1) is 5.68. The van der Waals surface area contributed by atoms with Crippen molar-refractivity contribution in [3.63, 3.8) is 0 Å². The molecule has 0 saturated carbocycles. The van der Waals surface area contributed by atoms with Crippen molar-refractivity contribution in [3.05, 3.63) is 28.8 Å². The molecule has 0 aliphatic carbocycles. The Hall–Kier alpha value is -0.760. The lowest BCUT2D eigenvalue weighted by Gasteiger charge is -2.02. The van der Waals surface area contributed by atoms with Crippen molar-refractivity contribution in [2.45, 2.75) is 18.7 Å². The van der Waals surface area contributed by atoms with Crippen LogP contribution in [0, 0.1) is 13.8 Å². The predicted molar refractivity (Wildman–Crippen MR) is 51.0 cm³/mol. The van der Waals surface area contributed by atoms with E-state index in [2.05, 4.69) is 13.0 Å². The smallest absolute Gasteiger partial charge is 0.174 e. The average molecular weight is 178 g/mol. The highest BCUT2D eigenvalue weighted by atomic mass is 32.2. The van der Waals surface area contributed by atoms with Crippen molar-refractivity contribution in [2.75, 3.05) is 5.75 Å². The van der Waals surface area contributed by atoms with E-state index in [-0.39, 0.29) is 5.78 Å². The van der Waals surface area contributed by atoms with E-state index in [0.29, 0.717) is 5.75 Å². The van der Waals surface area contributed by atoms with Crippen LogP contribution in [0.4, 0.5) is 0 Å². The van der Waals surface area contributed by atoms with Gasteiger partial charge in [0.2, 0.25) is 0 Å². The number of fused-ring (bicyclic) bond motifs is 1. The zero-order valence-corrected chi connectivity index (χ0v) is 7.99. The Labute approximate surface area is 76.2 Å². The number of carbonyl (C=O) groups excluding carboxylic acids is 1. The van der Waals surface area contributed by atoms with E-state index in [1.165, 1.54) is 16.0 Å². The molecular formula is C10H10OS. The third kappa shape index (κ3) is 1.07. The maximum Gasteiger partial charge on any atom is 0.174 e. The lowest BCUT2D eigenvalue weighted by Crippen LogP contribution is -1.95. The Morgan fingerprint density at radius 1 is 1.33 bits per heavy atom. The number of rotatable bonds is 0. The summed E-state index contributed by atoms with van der Waals surface area (Å²) in [5, 5.41) is 0. The Morgan fingerprint density at radius 3 is 2.83 bits per heavy atom. The highest BCUT2D eigenvalue weighted by Crippen LogP contribution is 2.34. The lowest BCUT2D eigenvalue weighted by atomic mass is 10.1. The van der Waals surface area contributed by atoms with Gasteiger partial charge in [-0.3, -0.25) is 4.79 Å². The van der Waals surface area contributed by atoms with Crippen molar-refractivity contribution in [3.8, 4) is 0 Å². The van der Waals surface area contributed by atoms with Gasteiger partial charge in [0.1, 0.15) is 0 Å². The fraction of sp³-hybridized carbons (Fsp3) is 0.300. The van der Waals surface area contributed by atoms with E-state index in [1.807, 2.05) is 13.0 Å². The van der Waals surface area contributed by atoms with Crippen molar-refractivity contribution in [1.82, 2.24) is 0 Å². The predicted octanol–water partition coefficient (Wildman–Crippen LogP) is 2.59. The number of carbonyl (C=O) groups is 1. The average Bonchev–Trinajstić information content (AvgIpc) is 2.33. The maximum atomic E-state index is 11.3. The van der Waals surface area contributed by atoms with Crippen molar-refractivity contribution < 1.29 is 4.79 Å². The van der Waals surface area contributed by atoms with Gasteiger partial charge in [0.15, 0.2) is 5.78 Å². The van der Waals surface area contributed by atoms with Gasteiger partial charge in [-0.15, -0.1) is 11.8 Å². The molecule has 0 fully saturated rings. The molecule has 1 nitrogen and oxygen atoms in total. The molecule has 1 aliphatic heterocycles. The van der Waals surface area contributed by atoms with Gasteiger partial charge in [-0.1, -0.05) is 11.6 Å². The molecule has 0 spiro atoms. The fourth-order valence-electron chi connectivity index (χ4n) is 1.57. The summed E-state index contributed by atoms with van der Waals surface area (Å²) in [6.45, 7) is 4.10. The van der Waals surface area contributed by atoms with E-state index < -0.39 is 0 Å². The summed E-state index contributed by atoms with van der Waals surface area (Å²) < 4.78 is 0. The van der Waals surface area contributed by atoms with Gasteiger partial charge in [0.05, 0.1) is 5.75 Å². The summed E-state index contributed by atoms with van der Waals surface area (Å²) in [7, 11) is 0. The van der Waals surface area contributed by atoms with Gasteiger partial charge in [0, 0.05) is 10.5 Å². The summed E-state index contributed by atoms with van der Waals surface area (Å²) in [4.78, 5) is 12.5. The number of Topliss-reactive ketones (excluding diaryl/α,β-unsaturated/α-hetero) is 1. The van der Waals surface area contributed by atoms with Crippen LogP contribution in [0.3, 0.4) is 0 Å². The first kappa shape index (κ1) is 7.87. The lowest BCUT2D eigenvalue weighted by molar-refractivity contribution is 0.102. The maximum absolute atomic E-state index is 11.3. The minimum absolute atomic E-state index is 0.279. The van der Waals surface area contributed by atoms with E-state index in [1.54, 1.807) is 11.8 Å². The molecule has 62 valence electrons. The van der Waals surface area contributed by atoms with Crippen LogP contribution in [0.5, 0.6) is 0 Å². The van der Waals surface area contributed by atoms with Crippen LogP contribution in [0.15, 0.2) is 17.0 Å². The molecule has 1 aromatic rings. The zero-order chi connectivity index (χ0) is 8.72. The number of ketones is 1. The second kappa shape index (κ2) is 2.63. The van der Waals surface area contributed by atoms with Crippen LogP contribution in [0.1, 0.15) is 21.5 Å². The molecule has 1 aliphatic rings. The van der Waals surface area contributed by atoms with Gasteiger partial charge in [0.25, 0.3) is 0 Å².